The summed E-state index contributed by atoms with van der Waals surface area (Å²) in [6, 6.07) is 0.0198. The first-order valence-electron chi connectivity index (χ1n) is 25.2. The summed E-state index contributed by atoms with van der Waals surface area (Å²) in [5, 5.41) is 10.7. The molecule has 5 heteroatoms. The van der Waals surface area contributed by atoms with Crippen molar-refractivity contribution < 1.29 is 14.3 Å². The lowest BCUT2D eigenvalue weighted by molar-refractivity contribution is -0.136. The molecule has 328 valence electrons. The van der Waals surface area contributed by atoms with Gasteiger partial charge in [0.2, 0.25) is 5.91 Å². The van der Waals surface area contributed by atoms with Crippen LogP contribution < -0.4 is 0 Å². The predicted octanol–water partition coefficient (Wildman–Crippen LogP) is 16.4. The zero-order chi connectivity index (χ0) is 40.5. The van der Waals surface area contributed by atoms with Gasteiger partial charge >= 0.3 is 0 Å². The van der Waals surface area contributed by atoms with E-state index in [0.717, 1.165) is 25.7 Å². The smallest absolute Gasteiger partial charge is 0.223 e. The number of carbonyl (C=O) groups is 1. The Morgan fingerprint density at radius 3 is 1.16 bits per heavy atom. The molecule has 0 unspecified atom stereocenters. The van der Waals surface area contributed by atoms with Crippen molar-refractivity contribution in [1.29, 1.82) is 0 Å². The van der Waals surface area contributed by atoms with Gasteiger partial charge in [0.1, 0.15) is 0 Å². The summed E-state index contributed by atoms with van der Waals surface area (Å²) in [6.07, 6.45) is 49.1. The van der Waals surface area contributed by atoms with Crippen molar-refractivity contribution in [3.05, 3.63) is 0 Å². The highest BCUT2D eigenvalue weighted by atomic mass is 28.4. The summed E-state index contributed by atoms with van der Waals surface area (Å²) >= 11 is 0. The Kier molecular flexibility index (Phi) is 33.0. The maximum atomic E-state index is 13.8. The van der Waals surface area contributed by atoms with Gasteiger partial charge < -0.3 is 14.4 Å². The number of likely N-dealkylation sites (tertiary alicyclic amines) is 1. The SMILES string of the molecule is CCCCCCCCCCCCCCCCCCCCCCCCCC(=O)N1[C@@H](CCCCCCCCCCCCC)C[C@H](O[Si](C)(C)C(C)(C)C)[C@@H]1CO. The Labute approximate surface area is 347 Å². The molecule has 1 heterocycles. The van der Waals surface area contributed by atoms with Gasteiger partial charge in [0.15, 0.2) is 8.32 Å². The van der Waals surface area contributed by atoms with Crippen LogP contribution in [-0.4, -0.2) is 49.0 Å². The maximum absolute atomic E-state index is 13.8. The fraction of sp³-hybridized carbons (Fsp3) is 0.980. The third-order valence-corrected chi connectivity index (χ3v) is 18.1. The summed E-state index contributed by atoms with van der Waals surface area (Å²) in [6.45, 7) is 16.1. The van der Waals surface area contributed by atoms with E-state index in [1.54, 1.807) is 0 Å². The number of amides is 1. The Bertz CT molecular complexity index is 856. The topological polar surface area (TPSA) is 49.8 Å². The highest BCUT2D eigenvalue weighted by molar-refractivity contribution is 6.74. The van der Waals surface area contributed by atoms with Crippen LogP contribution in [0.3, 0.4) is 0 Å². The number of aliphatic hydroxyl groups excluding tert-OH is 1. The summed E-state index contributed by atoms with van der Waals surface area (Å²) in [5.41, 5.74) is 0. The molecule has 55 heavy (non-hydrogen) atoms. The predicted molar refractivity (Wildman–Crippen MR) is 246 cm³/mol. The first-order valence-corrected chi connectivity index (χ1v) is 28.1. The molecule has 0 spiro atoms. The number of hydrogen-bond donors (Lipinski definition) is 1. The normalized spacial score (nSPS) is 17.8. The minimum Gasteiger partial charge on any atom is -0.412 e. The number of nitrogens with zero attached hydrogens (tertiary/aromatic N) is 1. The van der Waals surface area contributed by atoms with Crippen molar-refractivity contribution in [3.63, 3.8) is 0 Å². The van der Waals surface area contributed by atoms with Crippen molar-refractivity contribution in [2.24, 2.45) is 0 Å². The van der Waals surface area contributed by atoms with Gasteiger partial charge in [-0.25, -0.2) is 0 Å². The van der Waals surface area contributed by atoms with Crippen LogP contribution >= 0.6 is 0 Å². The van der Waals surface area contributed by atoms with E-state index in [1.807, 2.05) is 0 Å². The van der Waals surface area contributed by atoms with Gasteiger partial charge in [-0.1, -0.05) is 247 Å². The van der Waals surface area contributed by atoms with Crippen LogP contribution in [0.4, 0.5) is 0 Å². The minimum absolute atomic E-state index is 0.0131. The summed E-state index contributed by atoms with van der Waals surface area (Å²) in [7, 11) is -2.01. The Hall–Kier alpha value is -0.393. The van der Waals surface area contributed by atoms with Gasteiger partial charge in [0, 0.05) is 12.5 Å². The average molecular weight is 792 g/mol. The summed E-state index contributed by atoms with van der Waals surface area (Å²) in [4.78, 5) is 15.9. The van der Waals surface area contributed by atoms with Crippen LogP contribution in [0.5, 0.6) is 0 Å². The van der Waals surface area contributed by atoms with E-state index in [1.165, 1.54) is 205 Å². The van der Waals surface area contributed by atoms with Crippen LogP contribution in [-0.2, 0) is 9.22 Å². The lowest BCUT2D eigenvalue weighted by Crippen LogP contribution is -2.50. The molecule has 4 nitrogen and oxygen atoms in total. The van der Waals surface area contributed by atoms with Crippen LogP contribution in [0, 0.1) is 0 Å². The molecule has 1 aliphatic rings. The Morgan fingerprint density at radius 2 is 0.855 bits per heavy atom. The van der Waals surface area contributed by atoms with E-state index in [-0.39, 0.29) is 35.7 Å². The number of unbranched alkanes of at least 4 members (excludes halogenated alkanes) is 32. The van der Waals surface area contributed by atoms with E-state index in [4.69, 9.17) is 4.43 Å². The average Bonchev–Trinajstić information content (AvgIpc) is 3.49. The lowest BCUT2D eigenvalue weighted by atomic mass is 10.0. The standard InChI is InChI=1S/C50H101NO3Si/c1-8-10-12-14-16-18-20-21-22-23-24-25-26-27-28-29-30-31-33-35-37-39-41-43-49(53)51-46(42-40-38-36-34-32-19-17-15-13-11-9-2)44-48(47(51)45-52)54-55(6,7)50(3,4)5/h46-48,52H,8-45H2,1-7H3/t46-,47-,48-/m0/s1. The van der Waals surface area contributed by atoms with Crippen LogP contribution in [0.1, 0.15) is 272 Å². The molecule has 0 aromatic heterocycles. The second kappa shape index (κ2) is 34.5. The van der Waals surface area contributed by atoms with Crippen molar-refractivity contribution >= 4 is 14.2 Å². The van der Waals surface area contributed by atoms with Crippen LogP contribution in [0.2, 0.25) is 18.1 Å². The zero-order valence-electron chi connectivity index (χ0n) is 38.8. The highest BCUT2D eigenvalue weighted by Crippen LogP contribution is 2.41. The monoisotopic (exact) mass is 792 g/mol. The van der Waals surface area contributed by atoms with Gasteiger partial charge in [0.25, 0.3) is 0 Å². The molecule has 1 N–H and O–H groups in total. The van der Waals surface area contributed by atoms with Crippen molar-refractivity contribution in [3.8, 4) is 0 Å². The summed E-state index contributed by atoms with van der Waals surface area (Å²) in [5.74, 6) is 0.261. The fourth-order valence-electron chi connectivity index (χ4n) is 8.76. The molecule has 0 aromatic rings. The van der Waals surface area contributed by atoms with E-state index < -0.39 is 8.32 Å². The Balaban J connectivity index is 2.24. The van der Waals surface area contributed by atoms with Crippen molar-refractivity contribution in [2.45, 2.75) is 309 Å². The molecular weight excluding hydrogens is 691 g/mol. The number of carbonyl (C=O) groups excluding carboxylic acids is 1. The molecule has 1 amide bonds. The minimum atomic E-state index is -2.01. The molecule has 3 atom stereocenters. The molecule has 1 rings (SSSR count). The third-order valence-electron chi connectivity index (χ3n) is 13.5. The molecule has 0 aliphatic carbocycles. The van der Waals surface area contributed by atoms with Crippen molar-refractivity contribution in [1.82, 2.24) is 4.90 Å². The molecule has 0 bridgehead atoms. The summed E-state index contributed by atoms with van der Waals surface area (Å²) < 4.78 is 6.92. The lowest BCUT2D eigenvalue weighted by Gasteiger charge is -2.40. The van der Waals surface area contributed by atoms with Gasteiger partial charge in [-0.05, 0) is 37.4 Å². The quantitative estimate of drug-likeness (QED) is 0.0498. The first-order chi connectivity index (χ1) is 26.6. The molecule has 0 aromatic carbocycles. The van der Waals surface area contributed by atoms with E-state index in [2.05, 4.69) is 52.6 Å². The maximum Gasteiger partial charge on any atom is 0.223 e. The van der Waals surface area contributed by atoms with E-state index in [0.29, 0.717) is 6.42 Å². The second-order valence-electron chi connectivity index (χ2n) is 19.7. The first kappa shape index (κ1) is 52.6. The second-order valence-corrected chi connectivity index (χ2v) is 24.5. The van der Waals surface area contributed by atoms with Gasteiger partial charge in [-0.3, -0.25) is 4.79 Å². The van der Waals surface area contributed by atoms with Crippen LogP contribution in [0.15, 0.2) is 0 Å². The molecule has 0 radical (unpaired) electrons. The van der Waals surface area contributed by atoms with Gasteiger partial charge in [-0.15, -0.1) is 0 Å². The Morgan fingerprint density at radius 1 is 0.545 bits per heavy atom. The van der Waals surface area contributed by atoms with Crippen LogP contribution in [0.25, 0.3) is 0 Å². The van der Waals surface area contributed by atoms with Gasteiger partial charge in [-0.2, -0.15) is 0 Å². The number of hydrogen-bond acceptors (Lipinski definition) is 3. The van der Waals surface area contributed by atoms with E-state index >= 15 is 0 Å². The molecule has 1 saturated heterocycles. The largest absolute Gasteiger partial charge is 0.412 e. The fourth-order valence-corrected chi connectivity index (χ4v) is 10.1. The number of rotatable bonds is 39. The van der Waals surface area contributed by atoms with E-state index in [9.17, 15) is 9.90 Å². The third kappa shape index (κ3) is 26.4. The highest BCUT2D eigenvalue weighted by Gasteiger charge is 2.48. The molecule has 0 saturated carbocycles. The molecule has 1 aliphatic heterocycles. The van der Waals surface area contributed by atoms with Crippen molar-refractivity contribution in [2.75, 3.05) is 6.61 Å². The zero-order valence-corrected chi connectivity index (χ0v) is 39.8. The molecular formula is C50H101NO3Si. The number of aliphatic hydroxyl groups is 1. The van der Waals surface area contributed by atoms with Gasteiger partial charge in [0.05, 0.1) is 18.8 Å². The molecule has 1 fully saturated rings.